The largest absolute Gasteiger partial charge is 0.491 e. The third kappa shape index (κ3) is 14.7. The van der Waals surface area contributed by atoms with Crippen LogP contribution in [0.15, 0.2) is 29.4 Å². The summed E-state index contributed by atoms with van der Waals surface area (Å²) in [5, 5.41) is 3.36. The van der Waals surface area contributed by atoms with Crippen LogP contribution in [-0.2, 0) is 23.7 Å². The number of ether oxygens (including phenoxy) is 6. The van der Waals surface area contributed by atoms with Crippen molar-refractivity contribution < 1.29 is 33.2 Å². The van der Waals surface area contributed by atoms with Gasteiger partial charge in [0.25, 0.3) is 0 Å². The molecule has 0 radical (unpaired) electrons. The fourth-order valence-electron chi connectivity index (χ4n) is 2.16. The van der Waals surface area contributed by atoms with Crippen LogP contribution in [-0.4, -0.2) is 85.0 Å². The number of nitrogens with zero attached hydrogens (tertiary/aromatic N) is 3. The molecule has 0 atom stereocenters. The monoisotopic (exact) mass is 425 g/mol. The molecular weight excluding hydrogens is 394 g/mol. The van der Waals surface area contributed by atoms with E-state index in [4.69, 9.17) is 34.0 Å². The number of benzene rings is 1. The second-order valence-corrected chi connectivity index (χ2v) is 5.95. The molecule has 1 aromatic rings. The summed E-state index contributed by atoms with van der Waals surface area (Å²) in [7, 11) is 0. The number of carbonyl (C=O) groups excluding carboxylic acids is 1. The number of ketones is 1. The Kier molecular flexibility index (Phi) is 16.2. The Morgan fingerprint density at radius 3 is 1.83 bits per heavy atom. The van der Waals surface area contributed by atoms with Crippen molar-refractivity contribution >= 4 is 5.78 Å². The highest BCUT2D eigenvalue weighted by atomic mass is 16.6. The highest BCUT2D eigenvalue weighted by molar-refractivity contribution is 5.94. The van der Waals surface area contributed by atoms with E-state index in [9.17, 15) is 4.79 Å². The van der Waals surface area contributed by atoms with Crippen molar-refractivity contribution in [3.63, 3.8) is 0 Å². The summed E-state index contributed by atoms with van der Waals surface area (Å²) in [5.41, 5.74) is 8.72. The van der Waals surface area contributed by atoms with E-state index in [2.05, 4.69) is 10.0 Å². The Bertz CT molecular complexity index is 624. The standard InChI is InChI=1S/C20H31N3O7/c1-18(24)19-3-2-4-20(17-19)30-16-15-29-14-13-28-12-11-27-10-9-26-8-7-25-6-5-22-23-21/h2-4,17H,5-16H2,1H3. The molecule has 0 bridgehead atoms. The van der Waals surface area contributed by atoms with Gasteiger partial charge in [-0.1, -0.05) is 17.2 Å². The predicted octanol–water partition coefficient (Wildman–Crippen LogP) is 2.66. The number of hydrogen-bond donors (Lipinski definition) is 0. The normalized spacial score (nSPS) is 10.6. The lowest BCUT2D eigenvalue weighted by Crippen LogP contribution is -2.14. The molecule has 0 N–H and O–H groups in total. The average Bonchev–Trinajstić information content (AvgIpc) is 2.75. The number of carbonyl (C=O) groups is 1. The van der Waals surface area contributed by atoms with Crippen LogP contribution in [0.25, 0.3) is 10.4 Å². The minimum absolute atomic E-state index is 0.00957. The second kappa shape index (κ2) is 18.8. The van der Waals surface area contributed by atoms with Crippen LogP contribution in [0.1, 0.15) is 17.3 Å². The predicted molar refractivity (Wildman–Crippen MR) is 110 cm³/mol. The lowest BCUT2D eigenvalue weighted by atomic mass is 10.1. The number of Topliss-reactive ketones (excluding diaryl/α,β-unsaturated/α-hetero) is 1. The Balaban J connectivity index is 1.79. The summed E-state index contributed by atoms with van der Waals surface area (Å²) >= 11 is 0. The maximum Gasteiger partial charge on any atom is 0.159 e. The maximum absolute atomic E-state index is 11.3. The first-order chi connectivity index (χ1) is 14.7. The van der Waals surface area contributed by atoms with E-state index >= 15 is 0 Å². The van der Waals surface area contributed by atoms with E-state index < -0.39 is 0 Å². The second-order valence-electron chi connectivity index (χ2n) is 5.95. The molecule has 0 amide bonds. The van der Waals surface area contributed by atoms with Crippen LogP contribution in [0.5, 0.6) is 5.75 Å². The molecule has 1 aromatic carbocycles. The smallest absolute Gasteiger partial charge is 0.159 e. The van der Waals surface area contributed by atoms with Crippen LogP contribution < -0.4 is 4.74 Å². The first-order valence-corrected chi connectivity index (χ1v) is 9.87. The lowest BCUT2D eigenvalue weighted by molar-refractivity contribution is -0.0122. The zero-order chi connectivity index (χ0) is 21.7. The fourth-order valence-corrected chi connectivity index (χ4v) is 2.16. The molecule has 0 aliphatic carbocycles. The first kappa shape index (κ1) is 25.8. The minimum Gasteiger partial charge on any atom is -0.491 e. The first-order valence-electron chi connectivity index (χ1n) is 9.87. The molecule has 0 aromatic heterocycles. The summed E-state index contributed by atoms with van der Waals surface area (Å²) < 4.78 is 32.3. The fraction of sp³-hybridized carbons (Fsp3) is 0.650. The van der Waals surface area contributed by atoms with Crippen molar-refractivity contribution in [2.45, 2.75) is 6.92 Å². The van der Waals surface area contributed by atoms with Gasteiger partial charge in [0.05, 0.1) is 66.1 Å². The summed E-state index contributed by atoms with van der Waals surface area (Å²) in [6, 6.07) is 7.08. The Morgan fingerprint density at radius 1 is 0.833 bits per heavy atom. The van der Waals surface area contributed by atoms with Gasteiger partial charge in [-0.05, 0) is 24.6 Å². The Morgan fingerprint density at radius 2 is 1.33 bits per heavy atom. The van der Waals surface area contributed by atoms with Gasteiger partial charge in [0.2, 0.25) is 0 Å². The molecule has 10 heteroatoms. The number of hydrogen-bond acceptors (Lipinski definition) is 8. The highest BCUT2D eigenvalue weighted by Gasteiger charge is 2.01. The van der Waals surface area contributed by atoms with E-state index in [1.807, 2.05) is 6.07 Å². The van der Waals surface area contributed by atoms with Gasteiger partial charge in [-0.25, -0.2) is 0 Å². The summed E-state index contributed by atoms with van der Waals surface area (Å²) in [6.45, 7) is 6.92. The molecule has 0 aliphatic heterocycles. The Hall–Kier alpha value is -2.20. The van der Waals surface area contributed by atoms with Gasteiger partial charge >= 0.3 is 0 Å². The number of rotatable bonds is 20. The Labute approximate surface area is 177 Å². The van der Waals surface area contributed by atoms with Gasteiger partial charge < -0.3 is 28.4 Å². The molecule has 0 heterocycles. The van der Waals surface area contributed by atoms with Crippen LogP contribution in [0.4, 0.5) is 0 Å². The molecule has 0 spiro atoms. The molecule has 0 aliphatic rings. The molecule has 168 valence electrons. The zero-order valence-corrected chi connectivity index (χ0v) is 17.5. The summed E-state index contributed by atoms with van der Waals surface area (Å²) in [4.78, 5) is 14.0. The SMILES string of the molecule is CC(=O)c1cccc(OCCOCCOCCOCCOCCOCCN=[N+]=[N-])c1. The van der Waals surface area contributed by atoms with Gasteiger partial charge in [-0.15, -0.1) is 0 Å². The molecular formula is C20H31N3O7. The van der Waals surface area contributed by atoms with Gasteiger partial charge in [0.1, 0.15) is 12.4 Å². The van der Waals surface area contributed by atoms with Crippen molar-refractivity contribution in [2.75, 3.05) is 79.2 Å². The van der Waals surface area contributed by atoms with Crippen molar-refractivity contribution in [3.8, 4) is 5.75 Å². The maximum atomic E-state index is 11.3. The van der Waals surface area contributed by atoms with Crippen LogP contribution in [0.3, 0.4) is 0 Å². The van der Waals surface area contributed by atoms with Gasteiger partial charge in [-0.3, -0.25) is 4.79 Å². The van der Waals surface area contributed by atoms with E-state index in [0.29, 0.717) is 90.5 Å². The lowest BCUT2D eigenvalue weighted by Gasteiger charge is -2.09. The van der Waals surface area contributed by atoms with Crippen LogP contribution >= 0.6 is 0 Å². The molecule has 1 rings (SSSR count). The molecule has 30 heavy (non-hydrogen) atoms. The molecule has 0 saturated carbocycles. The van der Waals surface area contributed by atoms with E-state index in [1.165, 1.54) is 6.92 Å². The van der Waals surface area contributed by atoms with Crippen molar-refractivity contribution in [1.82, 2.24) is 0 Å². The van der Waals surface area contributed by atoms with E-state index in [-0.39, 0.29) is 5.78 Å². The summed E-state index contributed by atoms with van der Waals surface area (Å²) in [6.07, 6.45) is 0. The van der Waals surface area contributed by atoms with Gasteiger partial charge in [0, 0.05) is 17.0 Å². The summed E-state index contributed by atoms with van der Waals surface area (Å²) in [5.74, 6) is 0.664. The third-order valence-corrected chi connectivity index (χ3v) is 3.62. The van der Waals surface area contributed by atoms with Gasteiger partial charge in [-0.2, -0.15) is 0 Å². The average molecular weight is 425 g/mol. The van der Waals surface area contributed by atoms with E-state index in [0.717, 1.165) is 0 Å². The molecule has 0 unspecified atom stereocenters. The minimum atomic E-state index is 0.00957. The molecule has 10 nitrogen and oxygen atoms in total. The number of azide groups is 1. The molecule has 0 fully saturated rings. The van der Waals surface area contributed by atoms with Crippen LogP contribution in [0.2, 0.25) is 0 Å². The quantitative estimate of drug-likeness (QED) is 0.103. The van der Waals surface area contributed by atoms with Crippen molar-refractivity contribution in [2.24, 2.45) is 5.11 Å². The third-order valence-electron chi connectivity index (χ3n) is 3.62. The zero-order valence-electron chi connectivity index (χ0n) is 17.5. The highest BCUT2D eigenvalue weighted by Crippen LogP contribution is 2.13. The van der Waals surface area contributed by atoms with Gasteiger partial charge in [0.15, 0.2) is 5.78 Å². The van der Waals surface area contributed by atoms with Crippen molar-refractivity contribution in [3.05, 3.63) is 40.3 Å². The van der Waals surface area contributed by atoms with E-state index in [1.54, 1.807) is 18.2 Å². The topological polar surface area (TPSA) is 121 Å². The van der Waals surface area contributed by atoms with Crippen molar-refractivity contribution in [1.29, 1.82) is 0 Å². The molecule has 0 saturated heterocycles. The van der Waals surface area contributed by atoms with Crippen LogP contribution in [0, 0.1) is 0 Å².